The molecule has 2 N–H and O–H groups in total. The summed E-state index contributed by atoms with van der Waals surface area (Å²) in [5.41, 5.74) is 3.10. The van der Waals surface area contributed by atoms with E-state index in [1.165, 1.54) is 12.4 Å². The van der Waals surface area contributed by atoms with Crippen LogP contribution in [0.4, 0.5) is 5.69 Å². The Balaban J connectivity index is 1.57. The summed E-state index contributed by atoms with van der Waals surface area (Å²) in [6.45, 7) is 1.90. The molecule has 1 atom stereocenters. The molecule has 0 aliphatic carbocycles. The van der Waals surface area contributed by atoms with E-state index < -0.39 is 10.0 Å². The Morgan fingerprint density at radius 1 is 1.10 bits per heavy atom. The quantitative estimate of drug-likeness (QED) is 0.581. The summed E-state index contributed by atoms with van der Waals surface area (Å²) in [7, 11) is -3.31. The maximum atomic E-state index is 12.2. The van der Waals surface area contributed by atoms with Gasteiger partial charge in [-0.2, -0.15) is 5.10 Å². The van der Waals surface area contributed by atoms with Crippen molar-refractivity contribution in [3.05, 3.63) is 78.4 Å². The molecule has 3 aromatic rings. The average Bonchev–Trinajstić information content (AvgIpc) is 3.21. The van der Waals surface area contributed by atoms with Gasteiger partial charge in [0.25, 0.3) is 0 Å². The molecule has 8 nitrogen and oxygen atoms in total. The molecule has 29 heavy (non-hydrogen) atoms. The zero-order valence-electron chi connectivity index (χ0n) is 16.0. The minimum absolute atomic E-state index is 0.168. The number of carbonyl (C=O) groups is 1. The van der Waals surface area contributed by atoms with Crippen LogP contribution in [0, 0.1) is 0 Å². The highest BCUT2D eigenvalue weighted by atomic mass is 32.2. The first-order chi connectivity index (χ1) is 13.8. The Kier molecular flexibility index (Phi) is 6.08. The second kappa shape index (κ2) is 8.70. The van der Waals surface area contributed by atoms with Gasteiger partial charge in [0.1, 0.15) is 12.7 Å². The Hall–Kier alpha value is -3.46. The molecule has 150 valence electrons. The SMILES string of the molecule is CC(NC(=O)C=Cc1ccc(NS(C)(=O)=O)cc1)c1ccc(-n2cncn2)cc1. The summed E-state index contributed by atoms with van der Waals surface area (Å²) in [5.74, 6) is -0.226. The molecule has 0 bridgehead atoms. The Morgan fingerprint density at radius 3 is 2.38 bits per heavy atom. The first-order valence-corrected chi connectivity index (χ1v) is 10.7. The van der Waals surface area contributed by atoms with Crippen LogP contribution in [0.3, 0.4) is 0 Å². The van der Waals surface area contributed by atoms with Crippen LogP contribution in [-0.4, -0.2) is 35.3 Å². The summed E-state index contributed by atoms with van der Waals surface area (Å²) in [4.78, 5) is 16.1. The van der Waals surface area contributed by atoms with Gasteiger partial charge in [0.05, 0.1) is 18.0 Å². The van der Waals surface area contributed by atoms with Gasteiger partial charge in [-0.1, -0.05) is 24.3 Å². The average molecular weight is 411 g/mol. The minimum atomic E-state index is -3.31. The molecule has 0 saturated heterocycles. The predicted octanol–water partition coefficient (Wildman–Crippen LogP) is 2.53. The highest BCUT2D eigenvalue weighted by Gasteiger charge is 2.08. The van der Waals surface area contributed by atoms with Gasteiger partial charge in [-0.3, -0.25) is 9.52 Å². The van der Waals surface area contributed by atoms with E-state index in [2.05, 4.69) is 20.1 Å². The zero-order chi connectivity index (χ0) is 20.9. The lowest BCUT2D eigenvalue weighted by molar-refractivity contribution is -0.117. The maximum Gasteiger partial charge on any atom is 0.244 e. The van der Waals surface area contributed by atoms with Crippen LogP contribution < -0.4 is 10.0 Å². The number of hydrogen-bond donors (Lipinski definition) is 2. The van der Waals surface area contributed by atoms with Gasteiger partial charge in [-0.15, -0.1) is 0 Å². The van der Waals surface area contributed by atoms with Crippen molar-refractivity contribution in [2.45, 2.75) is 13.0 Å². The topological polar surface area (TPSA) is 106 Å². The molecule has 1 amide bonds. The van der Waals surface area contributed by atoms with Crippen LogP contribution in [0.2, 0.25) is 0 Å². The number of rotatable bonds is 7. The van der Waals surface area contributed by atoms with Crippen molar-refractivity contribution < 1.29 is 13.2 Å². The van der Waals surface area contributed by atoms with E-state index in [1.807, 2.05) is 31.2 Å². The highest BCUT2D eigenvalue weighted by Crippen LogP contribution is 2.16. The van der Waals surface area contributed by atoms with Gasteiger partial charge in [-0.25, -0.2) is 18.1 Å². The third-order valence-electron chi connectivity index (χ3n) is 4.08. The number of carbonyl (C=O) groups excluding carboxylic acids is 1. The molecule has 1 aromatic heterocycles. The van der Waals surface area contributed by atoms with Crippen molar-refractivity contribution in [3.8, 4) is 5.69 Å². The van der Waals surface area contributed by atoms with E-state index in [4.69, 9.17) is 0 Å². The van der Waals surface area contributed by atoms with E-state index in [0.717, 1.165) is 23.1 Å². The largest absolute Gasteiger partial charge is 0.346 e. The lowest BCUT2D eigenvalue weighted by atomic mass is 10.1. The zero-order valence-corrected chi connectivity index (χ0v) is 16.8. The van der Waals surface area contributed by atoms with E-state index in [0.29, 0.717) is 5.69 Å². The number of hydrogen-bond acceptors (Lipinski definition) is 5. The second-order valence-electron chi connectivity index (χ2n) is 6.49. The number of aromatic nitrogens is 3. The second-order valence-corrected chi connectivity index (χ2v) is 8.24. The van der Waals surface area contributed by atoms with E-state index in [1.54, 1.807) is 41.4 Å². The first kappa shape index (κ1) is 20.3. The minimum Gasteiger partial charge on any atom is -0.346 e. The van der Waals surface area contributed by atoms with Crippen molar-refractivity contribution in [1.29, 1.82) is 0 Å². The molecule has 0 saturated carbocycles. The van der Waals surface area contributed by atoms with Crippen molar-refractivity contribution >= 4 is 27.7 Å². The number of benzene rings is 2. The standard InChI is InChI=1S/C20H21N5O3S/c1-15(17-6-10-19(11-7-17)25-14-21-13-22-25)23-20(26)12-5-16-3-8-18(9-4-16)24-29(2,27)28/h3-15,24H,1-2H3,(H,23,26). The molecule has 0 fully saturated rings. The summed E-state index contributed by atoms with van der Waals surface area (Å²) in [6.07, 6.45) is 7.29. The van der Waals surface area contributed by atoms with Gasteiger partial charge in [0.2, 0.25) is 15.9 Å². The van der Waals surface area contributed by atoms with Crippen molar-refractivity contribution in [2.75, 3.05) is 11.0 Å². The van der Waals surface area contributed by atoms with Crippen LogP contribution in [-0.2, 0) is 14.8 Å². The predicted molar refractivity (Wildman–Crippen MR) is 112 cm³/mol. The van der Waals surface area contributed by atoms with Crippen LogP contribution in [0.1, 0.15) is 24.1 Å². The normalized spacial score (nSPS) is 12.6. The number of nitrogens with one attached hydrogen (secondary N) is 2. The molecular weight excluding hydrogens is 390 g/mol. The van der Waals surface area contributed by atoms with Crippen LogP contribution >= 0.6 is 0 Å². The van der Waals surface area contributed by atoms with Crippen LogP contribution in [0.5, 0.6) is 0 Å². The lowest BCUT2D eigenvalue weighted by Gasteiger charge is -2.13. The smallest absolute Gasteiger partial charge is 0.244 e. The molecule has 0 aliphatic heterocycles. The van der Waals surface area contributed by atoms with Crippen molar-refractivity contribution in [2.24, 2.45) is 0 Å². The first-order valence-electron chi connectivity index (χ1n) is 8.81. The Bertz CT molecular complexity index is 1090. The summed E-state index contributed by atoms with van der Waals surface area (Å²) < 4.78 is 26.5. The van der Waals surface area contributed by atoms with Gasteiger partial charge < -0.3 is 5.32 Å². The summed E-state index contributed by atoms with van der Waals surface area (Å²) >= 11 is 0. The fraction of sp³-hybridized carbons (Fsp3) is 0.150. The molecule has 3 rings (SSSR count). The molecular formula is C20H21N5O3S. The molecule has 2 aromatic carbocycles. The summed E-state index contributed by atoms with van der Waals surface area (Å²) in [5, 5.41) is 6.99. The maximum absolute atomic E-state index is 12.2. The monoisotopic (exact) mass is 411 g/mol. The lowest BCUT2D eigenvalue weighted by Crippen LogP contribution is -2.24. The van der Waals surface area contributed by atoms with E-state index >= 15 is 0 Å². The van der Waals surface area contributed by atoms with E-state index in [9.17, 15) is 13.2 Å². The summed E-state index contributed by atoms with van der Waals surface area (Å²) in [6, 6.07) is 14.2. The molecule has 0 radical (unpaired) electrons. The highest BCUT2D eigenvalue weighted by molar-refractivity contribution is 7.92. The van der Waals surface area contributed by atoms with Gasteiger partial charge in [0.15, 0.2) is 0 Å². The Morgan fingerprint density at radius 2 is 1.79 bits per heavy atom. The van der Waals surface area contributed by atoms with Crippen LogP contribution in [0.15, 0.2) is 67.3 Å². The number of sulfonamides is 1. The van der Waals surface area contributed by atoms with Crippen molar-refractivity contribution in [3.63, 3.8) is 0 Å². The fourth-order valence-electron chi connectivity index (χ4n) is 2.65. The number of amides is 1. The van der Waals surface area contributed by atoms with Gasteiger partial charge in [0, 0.05) is 11.8 Å². The number of anilines is 1. The van der Waals surface area contributed by atoms with Gasteiger partial charge >= 0.3 is 0 Å². The molecule has 1 unspecified atom stereocenters. The van der Waals surface area contributed by atoms with Crippen LogP contribution in [0.25, 0.3) is 11.8 Å². The molecule has 0 spiro atoms. The Labute approximate surface area is 169 Å². The third-order valence-corrected chi connectivity index (χ3v) is 4.68. The van der Waals surface area contributed by atoms with Crippen molar-refractivity contribution in [1.82, 2.24) is 20.1 Å². The molecule has 0 aliphatic rings. The molecule has 9 heteroatoms. The molecule has 1 heterocycles. The fourth-order valence-corrected chi connectivity index (χ4v) is 3.21. The third kappa shape index (κ3) is 6.01. The van der Waals surface area contributed by atoms with E-state index in [-0.39, 0.29) is 11.9 Å². The number of nitrogens with zero attached hydrogens (tertiary/aromatic N) is 3. The van der Waals surface area contributed by atoms with Gasteiger partial charge in [-0.05, 0) is 48.4 Å².